The van der Waals surface area contributed by atoms with E-state index in [1.165, 1.54) is 16.7 Å². The summed E-state index contributed by atoms with van der Waals surface area (Å²) in [5, 5.41) is 6.03. The first-order valence-electron chi connectivity index (χ1n) is 7.28. The van der Waals surface area contributed by atoms with E-state index >= 15 is 0 Å². The molecule has 0 aliphatic carbocycles. The Morgan fingerprint density at radius 1 is 0.952 bits per heavy atom. The summed E-state index contributed by atoms with van der Waals surface area (Å²) in [5.74, 6) is -0.0437. The van der Waals surface area contributed by atoms with Crippen molar-refractivity contribution >= 4 is 17.3 Å². The highest BCUT2D eigenvalue weighted by Crippen LogP contribution is 2.14. The van der Waals surface area contributed by atoms with Gasteiger partial charge in [-0.1, -0.05) is 25.1 Å². The second-order valence-electron chi connectivity index (χ2n) is 5.25. The monoisotopic (exact) mass is 282 g/mol. The van der Waals surface area contributed by atoms with Gasteiger partial charge in [0.15, 0.2) is 0 Å². The highest BCUT2D eigenvalue weighted by molar-refractivity contribution is 5.93. The average molecular weight is 282 g/mol. The average Bonchev–Trinajstić information content (AvgIpc) is 2.49. The summed E-state index contributed by atoms with van der Waals surface area (Å²) in [6, 6.07) is 14.1. The summed E-state index contributed by atoms with van der Waals surface area (Å²) < 4.78 is 0. The standard InChI is InChI=1S/C18H22N2O/c1-4-15-6-9-16(10-7-15)19-12-18(21)20-17-8-5-13(2)14(3)11-17/h5-11,19H,4,12H2,1-3H3,(H,20,21). The van der Waals surface area contributed by atoms with Crippen molar-refractivity contribution in [3.63, 3.8) is 0 Å². The van der Waals surface area contributed by atoms with Crippen molar-refractivity contribution in [3.05, 3.63) is 59.2 Å². The van der Waals surface area contributed by atoms with Gasteiger partial charge in [-0.25, -0.2) is 0 Å². The molecule has 0 aliphatic heterocycles. The molecule has 2 N–H and O–H groups in total. The Kier molecular flexibility index (Phi) is 4.99. The Morgan fingerprint density at radius 3 is 2.24 bits per heavy atom. The number of amides is 1. The van der Waals surface area contributed by atoms with E-state index < -0.39 is 0 Å². The number of rotatable bonds is 5. The molecule has 2 aromatic rings. The predicted molar refractivity (Wildman–Crippen MR) is 88.9 cm³/mol. The van der Waals surface area contributed by atoms with Gasteiger partial charge in [0.1, 0.15) is 0 Å². The number of anilines is 2. The molecule has 1 amide bonds. The van der Waals surface area contributed by atoms with Crippen LogP contribution in [0.4, 0.5) is 11.4 Å². The fourth-order valence-corrected chi connectivity index (χ4v) is 2.06. The smallest absolute Gasteiger partial charge is 0.243 e. The Hall–Kier alpha value is -2.29. The van der Waals surface area contributed by atoms with Gasteiger partial charge in [0.2, 0.25) is 5.91 Å². The van der Waals surface area contributed by atoms with E-state index in [4.69, 9.17) is 0 Å². The number of benzene rings is 2. The second kappa shape index (κ2) is 6.93. The lowest BCUT2D eigenvalue weighted by molar-refractivity contribution is -0.114. The number of hydrogen-bond acceptors (Lipinski definition) is 2. The zero-order chi connectivity index (χ0) is 15.2. The van der Waals surface area contributed by atoms with E-state index in [1.54, 1.807) is 0 Å². The normalized spacial score (nSPS) is 10.2. The molecule has 0 heterocycles. The molecule has 3 heteroatoms. The molecule has 110 valence electrons. The van der Waals surface area contributed by atoms with Crippen LogP contribution in [0.1, 0.15) is 23.6 Å². The third kappa shape index (κ3) is 4.35. The zero-order valence-electron chi connectivity index (χ0n) is 12.9. The molecule has 0 saturated carbocycles. The van der Waals surface area contributed by atoms with Crippen molar-refractivity contribution in [3.8, 4) is 0 Å². The second-order valence-corrected chi connectivity index (χ2v) is 5.25. The molecule has 2 rings (SSSR count). The minimum Gasteiger partial charge on any atom is -0.376 e. The lowest BCUT2D eigenvalue weighted by atomic mass is 10.1. The summed E-state index contributed by atoms with van der Waals surface area (Å²) >= 11 is 0. The molecule has 21 heavy (non-hydrogen) atoms. The lowest BCUT2D eigenvalue weighted by Gasteiger charge is -2.09. The molecule has 0 aliphatic rings. The van der Waals surface area contributed by atoms with Gasteiger partial charge in [0.05, 0.1) is 6.54 Å². The highest BCUT2D eigenvalue weighted by atomic mass is 16.1. The molecule has 0 spiro atoms. The Balaban J connectivity index is 1.87. The lowest BCUT2D eigenvalue weighted by Crippen LogP contribution is -2.21. The molecule has 2 aromatic carbocycles. The van der Waals surface area contributed by atoms with E-state index in [1.807, 2.05) is 37.3 Å². The summed E-state index contributed by atoms with van der Waals surface area (Å²) in [4.78, 5) is 11.9. The number of carbonyl (C=O) groups excluding carboxylic acids is 1. The van der Waals surface area contributed by atoms with Crippen LogP contribution < -0.4 is 10.6 Å². The molecule has 0 fully saturated rings. The molecule has 0 bridgehead atoms. The molecule has 0 atom stereocenters. The van der Waals surface area contributed by atoms with E-state index in [-0.39, 0.29) is 12.5 Å². The Bertz CT molecular complexity index is 618. The van der Waals surface area contributed by atoms with Crippen LogP contribution in [0.2, 0.25) is 0 Å². The van der Waals surface area contributed by atoms with Crippen LogP contribution in [0.15, 0.2) is 42.5 Å². The first kappa shape index (κ1) is 15.1. The van der Waals surface area contributed by atoms with Crippen molar-refractivity contribution in [1.82, 2.24) is 0 Å². The van der Waals surface area contributed by atoms with Crippen LogP contribution in [0.25, 0.3) is 0 Å². The van der Waals surface area contributed by atoms with Crippen LogP contribution in [0.3, 0.4) is 0 Å². The van der Waals surface area contributed by atoms with E-state index in [0.29, 0.717) is 0 Å². The van der Waals surface area contributed by atoms with Gasteiger partial charge in [-0.3, -0.25) is 4.79 Å². The fraction of sp³-hybridized carbons (Fsp3) is 0.278. The molecular formula is C18H22N2O. The van der Waals surface area contributed by atoms with Crippen LogP contribution in [-0.4, -0.2) is 12.5 Å². The van der Waals surface area contributed by atoms with Crippen LogP contribution in [-0.2, 0) is 11.2 Å². The maximum Gasteiger partial charge on any atom is 0.243 e. The Labute approximate surface area is 126 Å². The molecule has 0 aromatic heterocycles. The SMILES string of the molecule is CCc1ccc(NCC(=O)Nc2ccc(C)c(C)c2)cc1. The summed E-state index contributed by atoms with van der Waals surface area (Å²) in [5.41, 5.74) is 5.49. The highest BCUT2D eigenvalue weighted by Gasteiger charge is 2.03. The first-order chi connectivity index (χ1) is 10.1. The van der Waals surface area contributed by atoms with Crippen LogP contribution >= 0.6 is 0 Å². The third-order valence-electron chi connectivity index (χ3n) is 3.61. The minimum atomic E-state index is -0.0437. The van der Waals surface area contributed by atoms with Crippen molar-refractivity contribution in [2.45, 2.75) is 27.2 Å². The summed E-state index contributed by atoms with van der Waals surface area (Å²) in [6.07, 6.45) is 1.02. The molecule has 0 saturated heterocycles. The van der Waals surface area contributed by atoms with E-state index in [9.17, 15) is 4.79 Å². The topological polar surface area (TPSA) is 41.1 Å². The maximum atomic E-state index is 11.9. The van der Waals surface area contributed by atoms with Crippen molar-refractivity contribution < 1.29 is 4.79 Å². The van der Waals surface area contributed by atoms with E-state index in [0.717, 1.165) is 17.8 Å². The van der Waals surface area contributed by atoms with Gasteiger partial charge in [-0.2, -0.15) is 0 Å². The summed E-state index contributed by atoms with van der Waals surface area (Å²) in [7, 11) is 0. The third-order valence-corrected chi connectivity index (χ3v) is 3.61. The van der Waals surface area contributed by atoms with Gasteiger partial charge in [-0.05, 0) is 61.2 Å². The van der Waals surface area contributed by atoms with Gasteiger partial charge in [0.25, 0.3) is 0 Å². The number of carbonyl (C=O) groups is 1. The molecule has 0 unspecified atom stereocenters. The van der Waals surface area contributed by atoms with Crippen molar-refractivity contribution in [2.75, 3.05) is 17.2 Å². The molecular weight excluding hydrogens is 260 g/mol. The van der Waals surface area contributed by atoms with E-state index in [2.05, 4.69) is 36.6 Å². The van der Waals surface area contributed by atoms with Gasteiger partial charge in [-0.15, -0.1) is 0 Å². The van der Waals surface area contributed by atoms with Gasteiger partial charge < -0.3 is 10.6 Å². The molecule has 3 nitrogen and oxygen atoms in total. The van der Waals surface area contributed by atoms with Crippen molar-refractivity contribution in [1.29, 1.82) is 0 Å². The number of aryl methyl sites for hydroxylation is 3. The van der Waals surface area contributed by atoms with Crippen LogP contribution in [0.5, 0.6) is 0 Å². The van der Waals surface area contributed by atoms with Crippen LogP contribution in [0, 0.1) is 13.8 Å². The Morgan fingerprint density at radius 2 is 1.62 bits per heavy atom. The quantitative estimate of drug-likeness (QED) is 0.872. The number of hydrogen-bond donors (Lipinski definition) is 2. The van der Waals surface area contributed by atoms with Gasteiger partial charge in [0, 0.05) is 11.4 Å². The maximum absolute atomic E-state index is 11.9. The first-order valence-corrected chi connectivity index (χ1v) is 7.28. The minimum absolute atomic E-state index is 0.0437. The van der Waals surface area contributed by atoms with Gasteiger partial charge >= 0.3 is 0 Å². The zero-order valence-corrected chi connectivity index (χ0v) is 12.9. The molecule has 0 radical (unpaired) electrons. The number of nitrogens with one attached hydrogen (secondary N) is 2. The predicted octanol–water partition coefficient (Wildman–Crippen LogP) is 3.92. The largest absolute Gasteiger partial charge is 0.376 e. The van der Waals surface area contributed by atoms with Crippen molar-refractivity contribution in [2.24, 2.45) is 0 Å². The summed E-state index contributed by atoms with van der Waals surface area (Å²) in [6.45, 7) is 6.48. The fourth-order valence-electron chi connectivity index (χ4n) is 2.06.